The van der Waals surface area contributed by atoms with Crippen molar-refractivity contribution in [1.82, 2.24) is 9.97 Å². The highest BCUT2D eigenvalue weighted by atomic mass is 32.1. The zero-order valence-electron chi connectivity index (χ0n) is 13.5. The van der Waals surface area contributed by atoms with Crippen molar-refractivity contribution in [2.45, 2.75) is 13.8 Å². The normalized spacial score (nSPS) is 11.3. The van der Waals surface area contributed by atoms with E-state index >= 15 is 0 Å². The summed E-state index contributed by atoms with van der Waals surface area (Å²) in [5.74, 6) is 0.287. The predicted molar refractivity (Wildman–Crippen MR) is 96.1 cm³/mol. The van der Waals surface area contributed by atoms with Crippen LogP contribution in [-0.4, -0.2) is 22.9 Å². The zero-order valence-corrected chi connectivity index (χ0v) is 14.4. The number of nitrogens with one attached hydrogen (secondary N) is 1. The smallest absolute Gasteiger partial charge is 0.260 e. The first-order chi connectivity index (χ1) is 11.5. The summed E-state index contributed by atoms with van der Waals surface area (Å²) in [5, 5.41) is 2.78. The van der Waals surface area contributed by atoms with E-state index < -0.39 is 0 Å². The van der Waals surface area contributed by atoms with Gasteiger partial charge < -0.3 is 9.72 Å². The quantitative estimate of drug-likeness (QED) is 0.583. The Labute approximate surface area is 142 Å². The fraction of sp³-hybridized carbons (Fsp3) is 0.167. The van der Waals surface area contributed by atoms with E-state index in [9.17, 15) is 9.59 Å². The molecule has 0 aliphatic rings. The third-order valence-electron chi connectivity index (χ3n) is 3.81. The summed E-state index contributed by atoms with van der Waals surface area (Å²) in [6.07, 6.45) is 4.63. The fourth-order valence-corrected chi connectivity index (χ4v) is 3.40. The minimum atomic E-state index is -0.369. The van der Waals surface area contributed by atoms with Gasteiger partial charge in [0, 0.05) is 28.9 Å². The highest BCUT2D eigenvalue weighted by molar-refractivity contribution is 7.16. The van der Waals surface area contributed by atoms with E-state index in [-0.39, 0.29) is 16.9 Å². The van der Waals surface area contributed by atoms with Crippen LogP contribution in [0.1, 0.15) is 27.2 Å². The Balaban J connectivity index is 2.00. The molecule has 6 heteroatoms. The predicted octanol–water partition coefficient (Wildman–Crippen LogP) is 3.51. The molecule has 3 aromatic rings. The second kappa shape index (κ2) is 6.41. The van der Waals surface area contributed by atoms with Crippen LogP contribution in [0.15, 0.2) is 34.6 Å². The number of ether oxygens (including phenoxy) is 1. The molecule has 0 amide bonds. The van der Waals surface area contributed by atoms with Gasteiger partial charge in [0.15, 0.2) is 5.78 Å². The van der Waals surface area contributed by atoms with Gasteiger partial charge in [-0.05, 0) is 43.0 Å². The minimum Gasteiger partial charge on any atom is -0.496 e. The molecule has 3 rings (SSSR count). The van der Waals surface area contributed by atoms with E-state index in [4.69, 9.17) is 4.74 Å². The maximum absolute atomic E-state index is 12.5. The molecule has 0 radical (unpaired) electrons. The van der Waals surface area contributed by atoms with Gasteiger partial charge in [-0.15, -0.1) is 11.3 Å². The van der Waals surface area contributed by atoms with Crippen LogP contribution in [0.25, 0.3) is 16.3 Å². The lowest BCUT2D eigenvalue weighted by Crippen LogP contribution is -2.18. The summed E-state index contributed by atoms with van der Waals surface area (Å²) in [6, 6.07) is 3.69. The number of aromatic nitrogens is 2. The Bertz CT molecular complexity index is 1010. The first-order valence-corrected chi connectivity index (χ1v) is 8.22. The van der Waals surface area contributed by atoms with Crippen molar-refractivity contribution in [1.29, 1.82) is 0 Å². The van der Waals surface area contributed by atoms with Crippen LogP contribution in [0.3, 0.4) is 0 Å². The topological polar surface area (TPSA) is 72.0 Å². The van der Waals surface area contributed by atoms with Gasteiger partial charge in [-0.1, -0.05) is 0 Å². The number of hydrogen-bond acceptors (Lipinski definition) is 5. The van der Waals surface area contributed by atoms with Crippen LogP contribution < -0.4 is 10.3 Å². The van der Waals surface area contributed by atoms with Crippen molar-refractivity contribution in [2.24, 2.45) is 0 Å². The number of thiophene rings is 1. The van der Waals surface area contributed by atoms with Crippen molar-refractivity contribution in [3.05, 3.63) is 62.5 Å². The van der Waals surface area contributed by atoms with E-state index in [0.717, 1.165) is 15.9 Å². The molecule has 3 aromatic heterocycles. The lowest BCUT2D eigenvalue weighted by Gasteiger charge is -2.05. The van der Waals surface area contributed by atoms with Crippen LogP contribution >= 0.6 is 11.3 Å². The molecule has 0 bridgehead atoms. The molecule has 0 spiro atoms. The molecule has 0 unspecified atom stereocenters. The van der Waals surface area contributed by atoms with Gasteiger partial charge in [-0.3, -0.25) is 14.6 Å². The molecule has 0 aliphatic carbocycles. The summed E-state index contributed by atoms with van der Waals surface area (Å²) in [6.45, 7) is 3.65. The van der Waals surface area contributed by atoms with Crippen LogP contribution in [0.2, 0.25) is 0 Å². The number of H-pyrrole nitrogens is 1. The Kier molecular flexibility index (Phi) is 4.31. The Hall–Kier alpha value is -2.73. The molecule has 0 fully saturated rings. The summed E-state index contributed by atoms with van der Waals surface area (Å²) >= 11 is 1.44. The SMILES string of the molecule is COc1cc(C)ncc1/C=C/C(=O)c1c(C)c2ccsc2[nH]c1=O. The van der Waals surface area contributed by atoms with Gasteiger partial charge in [-0.2, -0.15) is 0 Å². The van der Waals surface area contributed by atoms with Crippen LogP contribution in [0.4, 0.5) is 0 Å². The number of carbonyl (C=O) groups is 1. The number of carbonyl (C=O) groups excluding carboxylic acids is 1. The molecule has 122 valence electrons. The number of hydrogen-bond donors (Lipinski definition) is 1. The lowest BCUT2D eigenvalue weighted by molar-refractivity contribution is 0.104. The molecule has 1 N–H and O–H groups in total. The monoisotopic (exact) mass is 340 g/mol. The first-order valence-electron chi connectivity index (χ1n) is 7.34. The molecule has 24 heavy (non-hydrogen) atoms. The number of ketones is 1. The highest BCUT2D eigenvalue weighted by Gasteiger charge is 2.15. The highest BCUT2D eigenvalue weighted by Crippen LogP contribution is 2.23. The molecule has 0 saturated heterocycles. The van der Waals surface area contributed by atoms with Crippen molar-refractivity contribution >= 4 is 33.4 Å². The fourth-order valence-electron chi connectivity index (χ4n) is 2.56. The Morgan fingerprint density at radius 3 is 2.92 bits per heavy atom. The van der Waals surface area contributed by atoms with E-state index in [2.05, 4.69) is 9.97 Å². The van der Waals surface area contributed by atoms with Gasteiger partial charge >= 0.3 is 0 Å². The average molecular weight is 340 g/mol. The number of aryl methyl sites for hydroxylation is 2. The average Bonchev–Trinajstić information content (AvgIpc) is 3.02. The second-order valence-electron chi connectivity index (χ2n) is 5.38. The third-order valence-corrected chi connectivity index (χ3v) is 4.64. The van der Waals surface area contributed by atoms with Crippen molar-refractivity contribution < 1.29 is 9.53 Å². The summed E-state index contributed by atoms with van der Waals surface area (Å²) in [4.78, 5) is 32.5. The van der Waals surface area contributed by atoms with Crippen molar-refractivity contribution in [2.75, 3.05) is 7.11 Å². The van der Waals surface area contributed by atoms with E-state index in [1.165, 1.54) is 17.4 Å². The number of aromatic amines is 1. The summed E-state index contributed by atoms with van der Waals surface area (Å²) in [5.41, 5.74) is 1.99. The first kappa shape index (κ1) is 16.1. The van der Waals surface area contributed by atoms with E-state index in [1.54, 1.807) is 32.4 Å². The maximum Gasteiger partial charge on any atom is 0.260 e. The van der Waals surface area contributed by atoms with Crippen LogP contribution in [0, 0.1) is 13.8 Å². The minimum absolute atomic E-state index is 0.163. The standard InChI is InChI=1S/C18H16N2O3S/c1-10-8-15(23-3)12(9-19-10)4-5-14(21)16-11(2)13-6-7-24-18(13)20-17(16)22/h4-9H,1-3H3,(H,20,22)/b5-4+. The van der Waals surface area contributed by atoms with Gasteiger partial charge in [-0.25, -0.2) is 0 Å². The van der Waals surface area contributed by atoms with E-state index in [1.807, 2.05) is 18.4 Å². The number of allylic oxidation sites excluding steroid dienone is 1. The molecule has 0 saturated carbocycles. The third kappa shape index (κ3) is 2.88. The van der Waals surface area contributed by atoms with Gasteiger partial charge in [0.2, 0.25) is 0 Å². The second-order valence-corrected chi connectivity index (χ2v) is 6.30. The van der Waals surface area contributed by atoms with Gasteiger partial charge in [0.25, 0.3) is 5.56 Å². The van der Waals surface area contributed by atoms with Crippen LogP contribution in [-0.2, 0) is 0 Å². The van der Waals surface area contributed by atoms with Crippen molar-refractivity contribution in [3.63, 3.8) is 0 Å². The number of methoxy groups -OCH3 is 1. The molecule has 0 atom stereocenters. The summed E-state index contributed by atoms with van der Waals surface area (Å²) < 4.78 is 5.29. The number of fused-ring (bicyclic) bond motifs is 1. The molecular weight excluding hydrogens is 324 g/mol. The largest absolute Gasteiger partial charge is 0.496 e. The Morgan fingerprint density at radius 2 is 2.17 bits per heavy atom. The van der Waals surface area contributed by atoms with E-state index in [0.29, 0.717) is 16.9 Å². The molecule has 0 aliphatic heterocycles. The number of pyridine rings is 2. The number of nitrogens with zero attached hydrogens (tertiary/aromatic N) is 1. The lowest BCUT2D eigenvalue weighted by atomic mass is 10.0. The molecule has 5 nitrogen and oxygen atoms in total. The van der Waals surface area contributed by atoms with Gasteiger partial charge in [0.05, 0.1) is 12.7 Å². The van der Waals surface area contributed by atoms with Crippen molar-refractivity contribution in [3.8, 4) is 5.75 Å². The zero-order chi connectivity index (χ0) is 17.3. The maximum atomic E-state index is 12.5. The molecular formula is C18H16N2O3S. The Morgan fingerprint density at radius 1 is 1.38 bits per heavy atom. The molecule has 3 heterocycles. The van der Waals surface area contributed by atoms with Crippen LogP contribution in [0.5, 0.6) is 5.75 Å². The van der Waals surface area contributed by atoms with Gasteiger partial charge in [0.1, 0.15) is 10.6 Å². The molecule has 0 aromatic carbocycles. The summed E-state index contributed by atoms with van der Waals surface area (Å²) in [7, 11) is 1.56. The number of rotatable bonds is 4.